The first-order chi connectivity index (χ1) is 34.2. The fraction of sp³-hybridized carbons (Fsp3) is 0.155. The molecule has 3 N–H and O–H groups in total. The molecule has 2 heterocycles. The van der Waals surface area contributed by atoms with Crippen LogP contribution in [0, 0.1) is 0 Å². The number of Topliss-reactive ketones (excluding diaryl/α,β-unsaturated/α-hetero) is 1. The molecule has 1 aliphatic heterocycles. The maximum atomic E-state index is 15.8. The van der Waals surface area contributed by atoms with Gasteiger partial charge in [-0.3, -0.25) is 14.4 Å². The lowest BCUT2D eigenvalue weighted by Gasteiger charge is -2.38. The maximum Gasteiger partial charge on any atom is 0.408 e. The zero-order valence-corrected chi connectivity index (χ0v) is 38.9. The zero-order valence-electron chi connectivity index (χ0n) is 38.0. The molecule has 0 saturated carbocycles. The van der Waals surface area contributed by atoms with Crippen LogP contribution in [0.25, 0.3) is 10.9 Å². The minimum Gasteiger partial charge on any atom is -0.475 e. The van der Waals surface area contributed by atoms with Crippen molar-refractivity contribution in [2.24, 2.45) is 0 Å². The highest BCUT2D eigenvalue weighted by atomic mass is 32.2. The maximum absolute atomic E-state index is 15.8. The van der Waals surface area contributed by atoms with Gasteiger partial charge in [0.1, 0.15) is 35.6 Å². The minimum absolute atomic E-state index is 0.0214. The van der Waals surface area contributed by atoms with Crippen molar-refractivity contribution >= 4 is 52.3 Å². The second-order valence-electron chi connectivity index (χ2n) is 17.1. The van der Waals surface area contributed by atoms with Gasteiger partial charge in [0.25, 0.3) is 5.78 Å². The number of thioether (sulfide) groups is 1. The highest BCUT2D eigenvalue weighted by molar-refractivity contribution is 7.99. The number of rotatable bonds is 17. The quantitative estimate of drug-likeness (QED) is 0.0605. The number of fused-ring (bicyclic) bond motifs is 1. The standard InChI is InChI=1S/C58H50N4O7S/c63-52(56(66)67)48(35-40-21-7-1-8-22-40)59-53(64)51-39-70-55(42-25-11-3-12-26-42)62(51)54(65)49(60-57(68)69-38-41-23-9-2-10-24-41)36-43-37-61(50-34-20-19-33-47(43)50)58(44-27-13-4-14-28-44,45-29-15-5-16-30-45)46-31-17-6-18-32-46/h1-34,37,48-49,51,55H,35-36,38-39H2,(H,59,64)(H,60,68)(H,66,67)/t48-,49-,51-,55?/m0/s1. The molecule has 11 nitrogen and oxygen atoms in total. The molecule has 0 bridgehead atoms. The number of carbonyl (C=O) groups excluding carboxylic acids is 4. The normalized spacial score (nSPS) is 15.4. The van der Waals surface area contributed by atoms with Crippen molar-refractivity contribution in [3.8, 4) is 0 Å². The predicted octanol–water partition coefficient (Wildman–Crippen LogP) is 9.34. The van der Waals surface area contributed by atoms with Crippen LogP contribution in [-0.4, -0.2) is 68.1 Å². The van der Waals surface area contributed by atoms with Crippen molar-refractivity contribution < 1.29 is 33.8 Å². The smallest absolute Gasteiger partial charge is 0.408 e. The Morgan fingerprint density at radius 1 is 0.600 bits per heavy atom. The van der Waals surface area contributed by atoms with Crippen LogP contribution in [0.4, 0.5) is 4.79 Å². The topological polar surface area (TPSA) is 147 Å². The number of aliphatic carboxylic acids is 1. The fourth-order valence-corrected chi connectivity index (χ4v) is 10.9. The number of aromatic nitrogens is 1. The monoisotopic (exact) mass is 946 g/mol. The van der Waals surface area contributed by atoms with Gasteiger partial charge in [-0.05, 0) is 45.0 Å². The van der Waals surface area contributed by atoms with Crippen LogP contribution in [0.1, 0.15) is 44.3 Å². The number of nitrogens with one attached hydrogen (secondary N) is 2. The molecule has 3 amide bonds. The number of nitrogens with zero attached hydrogens (tertiary/aromatic N) is 2. The van der Waals surface area contributed by atoms with Gasteiger partial charge in [-0.2, -0.15) is 0 Å². The van der Waals surface area contributed by atoms with E-state index in [2.05, 4.69) is 57.8 Å². The Bertz CT molecular complexity index is 2990. The summed E-state index contributed by atoms with van der Waals surface area (Å²) in [5.74, 6) is -4.03. The number of benzene rings is 7. The third-order valence-electron chi connectivity index (χ3n) is 12.7. The molecule has 0 spiro atoms. The lowest BCUT2D eigenvalue weighted by molar-refractivity contribution is -0.151. The van der Waals surface area contributed by atoms with Gasteiger partial charge in [0.2, 0.25) is 11.8 Å². The van der Waals surface area contributed by atoms with E-state index in [1.165, 1.54) is 16.7 Å². The second-order valence-corrected chi connectivity index (χ2v) is 18.2. The molecule has 1 saturated heterocycles. The van der Waals surface area contributed by atoms with E-state index in [0.717, 1.165) is 44.3 Å². The highest BCUT2D eigenvalue weighted by Gasteiger charge is 2.46. The van der Waals surface area contributed by atoms with E-state index in [9.17, 15) is 24.3 Å². The summed E-state index contributed by atoms with van der Waals surface area (Å²) in [6, 6.07) is 62.1. The summed E-state index contributed by atoms with van der Waals surface area (Å²) in [6.45, 7) is -0.0573. The molecule has 12 heteroatoms. The Balaban J connectivity index is 1.15. The molecular weight excluding hydrogens is 897 g/mol. The molecule has 8 aromatic rings. The number of hydrogen-bond donors (Lipinski definition) is 3. The Labute approximate surface area is 410 Å². The molecule has 1 aliphatic rings. The number of alkyl carbamates (subject to hydrolysis) is 1. The molecule has 9 rings (SSSR count). The minimum atomic E-state index is -1.69. The number of ketones is 1. The third kappa shape index (κ3) is 9.85. The van der Waals surface area contributed by atoms with E-state index in [-0.39, 0.29) is 25.2 Å². The van der Waals surface area contributed by atoms with Gasteiger partial charge in [-0.15, -0.1) is 11.8 Å². The lowest BCUT2D eigenvalue weighted by Crippen LogP contribution is -2.57. The largest absolute Gasteiger partial charge is 0.475 e. The van der Waals surface area contributed by atoms with Crippen molar-refractivity contribution in [3.63, 3.8) is 0 Å². The molecule has 7 aromatic carbocycles. The van der Waals surface area contributed by atoms with Crippen molar-refractivity contribution in [3.05, 3.63) is 251 Å². The summed E-state index contributed by atoms with van der Waals surface area (Å²) < 4.78 is 8.01. The number of para-hydroxylation sites is 1. The van der Waals surface area contributed by atoms with Gasteiger partial charge in [-0.25, -0.2) is 9.59 Å². The average Bonchev–Trinajstić information content (AvgIpc) is 4.02. The number of hydrogen-bond acceptors (Lipinski definition) is 7. The van der Waals surface area contributed by atoms with Crippen LogP contribution < -0.4 is 10.6 Å². The molecule has 0 radical (unpaired) electrons. The van der Waals surface area contributed by atoms with Gasteiger partial charge >= 0.3 is 12.1 Å². The molecular formula is C58H50N4O7S. The van der Waals surface area contributed by atoms with Gasteiger partial charge in [-0.1, -0.05) is 200 Å². The number of carboxylic acids is 1. The Kier molecular flexibility index (Phi) is 14.3. The number of carbonyl (C=O) groups is 5. The predicted molar refractivity (Wildman–Crippen MR) is 271 cm³/mol. The van der Waals surface area contributed by atoms with E-state index in [1.54, 1.807) is 30.3 Å². The highest BCUT2D eigenvalue weighted by Crippen LogP contribution is 2.45. The van der Waals surface area contributed by atoms with Crippen LogP contribution in [0.3, 0.4) is 0 Å². The van der Waals surface area contributed by atoms with Gasteiger partial charge in [0.15, 0.2) is 0 Å². The summed E-state index contributed by atoms with van der Waals surface area (Å²) in [6.07, 6.45) is 1.12. The van der Waals surface area contributed by atoms with Gasteiger partial charge < -0.3 is 29.9 Å². The average molecular weight is 947 g/mol. The summed E-state index contributed by atoms with van der Waals surface area (Å²) in [5.41, 5.74) is 5.81. The van der Waals surface area contributed by atoms with Gasteiger partial charge in [0, 0.05) is 35.7 Å². The van der Waals surface area contributed by atoms with Crippen molar-refractivity contribution in [1.82, 2.24) is 20.1 Å². The van der Waals surface area contributed by atoms with E-state index < -0.39 is 58.7 Å². The van der Waals surface area contributed by atoms with Crippen LogP contribution in [0.2, 0.25) is 0 Å². The Morgan fingerprint density at radius 3 is 1.66 bits per heavy atom. The SMILES string of the molecule is O=C(N[C@@H](Cc1cn(C(c2ccccc2)(c2ccccc2)c2ccccc2)c2ccccc12)C(=O)N1C(c2ccccc2)SC[C@H]1C(=O)N[C@@H](Cc1ccccc1)C(=O)C(=O)O)OCc1ccccc1. The first-order valence-electron chi connectivity index (χ1n) is 23.1. The number of amides is 3. The fourth-order valence-electron chi connectivity index (χ4n) is 9.48. The van der Waals surface area contributed by atoms with E-state index in [1.807, 2.05) is 140 Å². The summed E-state index contributed by atoms with van der Waals surface area (Å²) in [4.78, 5) is 71.2. The first-order valence-corrected chi connectivity index (χ1v) is 24.1. The van der Waals surface area contributed by atoms with Crippen LogP contribution in [0.15, 0.2) is 212 Å². The Hall–Kier alpha value is -8.22. The van der Waals surface area contributed by atoms with Crippen LogP contribution in [-0.2, 0) is 48.9 Å². The summed E-state index contributed by atoms with van der Waals surface area (Å²) in [7, 11) is 0. The summed E-state index contributed by atoms with van der Waals surface area (Å²) in [5, 5.41) is 15.6. The van der Waals surface area contributed by atoms with Crippen molar-refractivity contribution in [1.29, 1.82) is 0 Å². The second kappa shape index (κ2) is 21.4. The molecule has 70 heavy (non-hydrogen) atoms. The van der Waals surface area contributed by atoms with Gasteiger partial charge in [0.05, 0.1) is 0 Å². The van der Waals surface area contributed by atoms with Crippen LogP contribution in [0.5, 0.6) is 0 Å². The van der Waals surface area contributed by atoms with Crippen molar-refractivity contribution in [2.45, 2.75) is 48.5 Å². The number of carboxylic acid groups (broad SMARTS) is 1. The zero-order chi connectivity index (χ0) is 48.5. The first kappa shape index (κ1) is 46.9. The molecule has 350 valence electrons. The van der Waals surface area contributed by atoms with E-state index >= 15 is 4.79 Å². The number of ether oxygens (including phenoxy) is 1. The Morgan fingerprint density at radius 2 is 1.10 bits per heavy atom. The molecule has 1 unspecified atom stereocenters. The molecule has 1 fully saturated rings. The third-order valence-corrected chi connectivity index (χ3v) is 14.0. The molecule has 4 atom stereocenters. The van der Waals surface area contributed by atoms with E-state index in [0.29, 0.717) is 5.56 Å². The molecule has 1 aromatic heterocycles. The lowest BCUT2D eigenvalue weighted by atomic mass is 9.76. The van der Waals surface area contributed by atoms with Crippen molar-refractivity contribution in [2.75, 3.05) is 5.75 Å². The van der Waals surface area contributed by atoms with Crippen LogP contribution >= 0.6 is 11.8 Å². The van der Waals surface area contributed by atoms with E-state index in [4.69, 9.17) is 4.74 Å². The molecule has 0 aliphatic carbocycles. The summed E-state index contributed by atoms with van der Waals surface area (Å²) >= 11 is 1.36.